The first-order valence-electron chi connectivity index (χ1n) is 11.9. The van der Waals surface area contributed by atoms with Gasteiger partial charge >= 0.3 is 0 Å². The Labute approximate surface area is 233 Å². The molecule has 0 bridgehead atoms. The minimum atomic E-state index is -0.520. The molecule has 0 atom stereocenters. The molecule has 2 aromatic carbocycles. The minimum absolute atomic E-state index is 0.134. The largest absolute Gasteiger partial charge is 0.494 e. The number of ether oxygens (including phenoxy) is 3. The Kier molecular flexibility index (Phi) is 7.99. The Morgan fingerprint density at radius 3 is 2.31 bits per heavy atom. The third-order valence-electron chi connectivity index (χ3n) is 5.67. The van der Waals surface area contributed by atoms with E-state index in [0.717, 1.165) is 4.90 Å². The molecule has 3 aromatic heterocycles. The monoisotopic (exact) mass is 566 g/mol. The third kappa shape index (κ3) is 5.41. The third-order valence-corrected chi connectivity index (χ3v) is 6.73. The number of para-hydroxylation sites is 1. The molecule has 200 valence electrons. The van der Waals surface area contributed by atoms with Gasteiger partial charge in [-0.05, 0) is 54.8 Å². The molecule has 0 aliphatic rings. The van der Waals surface area contributed by atoms with Crippen LogP contribution in [0.4, 0.5) is 10.2 Å². The second kappa shape index (κ2) is 11.7. The summed E-state index contributed by atoms with van der Waals surface area (Å²) >= 11 is 7.80. The number of methoxy groups -OCH3 is 2. The van der Waals surface area contributed by atoms with Gasteiger partial charge < -0.3 is 18.9 Å². The van der Waals surface area contributed by atoms with Gasteiger partial charge in [-0.2, -0.15) is 0 Å². The van der Waals surface area contributed by atoms with Gasteiger partial charge in [0, 0.05) is 11.0 Å². The van der Waals surface area contributed by atoms with Gasteiger partial charge in [-0.15, -0.1) is 0 Å². The number of halogens is 2. The molecule has 5 aromatic rings. The summed E-state index contributed by atoms with van der Waals surface area (Å²) in [5.74, 6) is 2.28. The van der Waals surface area contributed by atoms with Crippen LogP contribution in [0, 0.1) is 0 Å². The molecule has 9 nitrogen and oxygen atoms in total. The first-order chi connectivity index (χ1) is 19.1. The number of benzene rings is 2. The highest BCUT2D eigenvalue weighted by molar-refractivity contribution is 8.00. The van der Waals surface area contributed by atoms with Crippen molar-refractivity contribution in [2.75, 3.05) is 25.5 Å². The number of fused-ring (bicyclic) bond motifs is 1. The van der Waals surface area contributed by atoms with Crippen molar-refractivity contribution in [3.63, 3.8) is 0 Å². The highest BCUT2D eigenvalue weighted by Gasteiger charge is 2.25. The molecule has 0 fully saturated rings. The maximum Gasteiger partial charge on any atom is 0.213 e. The highest BCUT2D eigenvalue weighted by Crippen LogP contribution is 2.39. The molecule has 0 saturated carbocycles. The molecule has 0 spiro atoms. The van der Waals surface area contributed by atoms with E-state index in [9.17, 15) is 4.39 Å². The van der Waals surface area contributed by atoms with Crippen LogP contribution in [-0.4, -0.2) is 45.3 Å². The van der Waals surface area contributed by atoms with Crippen LogP contribution in [0.3, 0.4) is 0 Å². The van der Waals surface area contributed by atoms with Crippen LogP contribution in [0.15, 0.2) is 65.6 Å². The molecule has 12 heteroatoms. The van der Waals surface area contributed by atoms with Crippen LogP contribution in [0.1, 0.15) is 12.5 Å². The predicted molar refractivity (Wildman–Crippen MR) is 150 cm³/mol. The first-order valence-corrected chi connectivity index (χ1v) is 13.1. The number of alkyl halides is 1. The summed E-state index contributed by atoms with van der Waals surface area (Å²) in [4.78, 5) is 19.6. The molecule has 1 N–H and O–H groups in total. The molecule has 39 heavy (non-hydrogen) atoms. The van der Waals surface area contributed by atoms with Crippen molar-refractivity contribution in [3.05, 3.63) is 71.4 Å². The van der Waals surface area contributed by atoms with Crippen LogP contribution in [0.25, 0.3) is 28.5 Å². The van der Waals surface area contributed by atoms with E-state index in [4.69, 9.17) is 35.8 Å². The molecule has 0 radical (unpaired) electrons. The van der Waals surface area contributed by atoms with Crippen molar-refractivity contribution in [1.82, 2.24) is 24.5 Å². The lowest BCUT2D eigenvalue weighted by molar-refractivity contribution is 0.327. The van der Waals surface area contributed by atoms with Crippen molar-refractivity contribution in [3.8, 4) is 34.6 Å². The van der Waals surface area contributed by atoms with Crippen molar-refractivity contribution < 1.29 is 18.6 Å². The smallest absolute Gasteiger partial charge is 0.213 e. The molecular weight excluding hydrogens is 543 g/mol. The Morgan fingerprint density at radius 2 is 1.64 bits per heavy atom. The Balaban J connectivity index is 1.68. The van der Waals surface area contributed by atoms with Crippen molar-refractivity contribution in [2.24, 2.45) is 0 Å². The van der Waals surface area contributed by atoms with Crippen LogP contribution in [0.2, 0.25) is 5.15 Å². The minimum Gasteiger partial charge on any atom is -0.494 e. The van der Waals surface area contributed by atoms with Crippen LogP contribution < -0.4 is 18.9 Å². The van der Waals surface area contributed by atoms with Crippen LogP contribution >= 0.6 is 23.5 Å². The normalized spacial score (nSPS) is 11.0. The summed E-state index contributed by atoms with van der Waals surface area (Å²) in [5.41, 5.74) is 2.40. The summed E-state index contributed by atoms with van der Waals surface area (Å²) in [7, 11) is 3.15. The summed E-state index contributed by atoms with van der Waals surface area (Å²) < 4.78 is 34.8. The summed E-state index contributed by atoms with van der Waals surface area (Å²) in [6.07, 6.45) is 0. The lowest BCUT2D eigenvalue weighted by Gasteiger charge is -2.16. The average Bonchev–Trinajstić information content (AvgIpc) is 3.33. The van der Waals surface area contributed by atoms with E-state index in [1.54, 1.807) is 37.0 Å². The van der Waals surface area contributed by atoms with Gasteiger partial charge in [-0.25, -0.2) is 24.3 Å². The Hall–Kier alpha value is -4.09. The highest BCUT2D eigenvalue weighted by atomic mass is 35.5. The van der Waals surface area contributed by atoms with E-state index in [0.29, 0.717) is 63.9 Å². The predicted octanol–water partition coefficient (Wildman–Crippen LogP) is 6.54. The first kappa shape index (κ1) is 26.5. The summed E-state index contributed by atoms with van der Waals surface area (Å²) in [6, 6.07) is 18.0. The van der Waals surface area contributed by atoms with Gasteiger partial charge in [0.05, 0.1) is 20.8 Å². The van der Waals surface area contributed by atoms with Crippen molar-refractivity contribution in [2.45, 2.75) is 18.5 Å². The molecular formula is C27H24ClFN6O3S. The average molecular weight is 567 g/mol. The molecule has 3 heterocycles. The fourth-order valence-electron chi connectivity index (χ4n) is 3.90. The Morgan fingerprint density at radius 1 is 0.923 bits per heavy atom. The maximum absolute atomic E-state index is 12.9. The number of hydrogen-bond acceptors (Lipinski definition) is 9. The van der Waals surface area contributed by atoms with Gasteiger partial charge in [0.1, 0.15) is 29.6 Å². The van der Waals surface area contributed by atoms with E-state index in [-0.39, 0.29) is 5.15 Å². The number of hydrogen-bond donors (Lipinski definition) is 1. The molecule has 0 aliphatic heterocycles. The molecule has 0 amide bonds. The van der Waals surface area contributed by atoms with E-state index < -0.39 is 6.67 Å². The standard InChI is InChI=1S/C27H24ClFN6O3S/c1-4-38-21-10-5-7-18(30-21)26-33-25-27(35(26)22-19(36-2)8-6-9-20(22)37-3)32-24(23(28)31-25)34-39-17-13-11-16(15-29)12-14-17/h5-14H,4,15H2,1-3H3,(H,32,34). The van der Waals surface area contributed by atoms with Gasteiger partial charge in [0.25, 0.3) is 0 Å². The number of nitrogens with one attached hydrogen (secondary N) is 1. The fraction of sp³-hybridized carbons (Fsp3) is 0.185. The molecule has 5 rings (SSSR count). The number of anilines is 1. The second-order valence-electron chi connectivity index (χ2n) is 8.07. The second-order valence-corrected chi connectivity index (χ2v) is 9.31. The fourth-order valence-corrected chi connectivity index (χ4v) is 4.75. The quantitative estimate of drug-likeness (QED) is 0.189. The molecule has 0 aliphatic carbocycles. The Bertz CT molecular complexity index is 1590. The van der Waals surface area contributed by atoms with E-state index >= 15 is 0 Å². The lowest BCUT2D eigenvalue weighted by Crippen LogP contribution is -2.06. The zero-order valence-electron chi connectivity index (χ0n) is 21.3. The van der Waals surface area contributed by atoms with Gasteiger partial charge in [0.2, 0.25) is 5.88 Å². The maximum atomic E-state index is 12.9. The number of rotatable bonds is 10. The van der Waals surface area contributed by atoms with Crippen molar-refractivity contribution in [1.29, 1.82) is 0 Å². The number of nitrogens with zero attached hydrogens (tertiary/aromatic N) is 5. The number of aromatic nitrogens is 5. The van der Waals surface area contributed by atoms with E-state index in [1.165, 1.54) is 11.9 Å². The van der Waals surface area contributed by atoms with Gasteiger partial charge in [-0.1, -0.05) is 35.9 Å². The molecule has 0 unspecified atom stereocenters. The lowest BCUT2D eigenvalue weighted by atomic mass is 10.2. The SMILES string of the molecule is CCOc1cccc(-c2nc3nc(Cl)c(NSc4ccc(CF)cc4)nc3n2-c2c(OC)cccc2OC)n1. The van der Waals surface area contributed by atoms with Crippen molar-refractivity contribution >= 4 is 40.7 Å². The van der Waals surface area contributed by atoms with Gasteiger partial charge in [-0.3, -0.25) is 4.57 Å². The number of pyridine rings is 1. The summed E-state index contributed by atoms with van der Waals surface area (Å²) in [5, 5.41) is 0.134. The zero-order chi connectivity index (χ0) is 27.4. The van der Waals surface area contributed by atoms with Crippen LogP contribution in [0.5, 0.6) is 17.4 Å². The van der Waals surface area contributed by atoms with E-state index in [2.05, 4.69) is 14.7 Å². The number of imidazole rings is 1. The summed E-state index contributed by atoms with van der Waals surface area (Å²) in [6.45, 7) is 1.84. The van der Waals surface area contributed by atoms with Crippen LogP contribution in [-0.2, 0) is 6.67 Å². The molecule has 0 saturated heterocycles. The van der Waals surface area contributed by atoms with Gasteiger partial charge in [0.15, 0.2) is 28.1 Å². The zero-order valence-corrected chi connectivity index (χ0v) is 22.9. The van der Waals surface area contributed by atoms with E-state index in [1.807, 2.05) is 49.4 Å². The topological polar surface area (TPSA) is 96.2 Å².